The van der Waals surface area contributed by atoms with E-state index in [-0.39, 0.29) is 0 Å². The molecule has 1 heterocycles. The van der Waals surface area contributed by atoms with Crippen molar-refractivity contribution >= 4 is 0 Å². The number of aliphatic hydroxyl groups is 4. The highest BCUT2D eigenvalue weighted by atomic mass is 16.7. The van der Waals surface area contributed by atoms with Gasteiger partial charge in [-0.15, -0.1) is 0 Å². The average Bonchev–Trinajstić information content (AvgIpc) is 2.59. The summed E-state index contributed by atoms with van der Waals surface area (Å²) in [6.07, 6.45) is 6.37. The van der Waals surface area contributed by atoms with Crippen LogP contribution in [0.4, 0.5) is 0 Å². The monoisotopic (exact) mass is 348 g/mol. The van der Waals surface area contributed by atoms with E-state index in [9.17, 15) is 15.3 Å². The normalized spacial score (nSPS) is 30.6. The Hall–Kier alpha value is -0.240. The molecule has 0 aromatic carbocycles. The number of hydrogen-bond donors (Lipinski definition) is 4. The number of unbranched alkanes of at least 4 members (excludes halogenated alkanes) is 9. The van der Waals surface area contributed by atoms with E-state index in [1.54, 1.807) is 0 Å². The van der Waals surface area contributed by atoms with Crippen LogP contribution >= 0.6 is 0 Å². The van der Waals surface area contributed by atoms with E-state index in [1.165, 1.54) is 51.4 Å². The molecule has 1 rings (SSSR count). The number of ether oxygens (including phenoxy) is 2. The summed E-state index contributed by atoms with van der Waals surface area (Å²) < 4.78 is 10.8. The van der Waals surface area contributed by atoms with Crippen molar-refractivity contribution in [2.75, 3.05) is 13.2 Å². The second-order valence-corrected chi connectivity index (χ2v) is 6.75. The third-order valence-corrected chi connectivity index (χ3v) is 4.63. The number of hydrogen-bond acceptors (Lipinski definition) is 6. The molecule has 0 spiro atoms. The lowest BCUT2D eigenvalue weighted by Gasteiger charge is -2.39. The van der Waals surface area contributed by atoms with Crippen LogP contribution in [0.25, 0.3) is 0 Å². The van der Waals surface area contributed by atoms with Gasteiger partial charge in [-0.05, 0) is 6.42 Å². The number of aliphatic hydroxyl groups excluding tert-OH is 4. The Morgan fingerprint density at radius 3 is 1.83 bits per heavy atom. The van der Waals surface area contributed by atoms with E-state index in [4.69, 9.17) is 14.6 Å². The van der Waals surface area contributed by atoms with Crippen molar-refractivity contribution in [1.29, 1.82) is 0 Å². The first kappa shape index (κ1) is 21.8. The second-order valence-electron chi connectivity index (χ2n) is 6.75. The van der Waals surface area contributed by atoms with Gasteiger partial charge in [0.05, 0.1) is 6.61 Å². The molecule has 0 unspecified atom stereocenters. The molecule has 0 amide bonds. The predicted octanol–water partition coefficient (Wildman–Crippen LogP) is 1.72. The largest absolute Gasteiger partial charge is 0.394 e. The van der Waals surface area contributed by atoms with E-state index < -0.39 is 37.3 Å². The molecule has 0 aliphatic carbocycles. The van der Waals surface area contributed by atoms with Gasteiger partial charge >= 0.3 is 0 Å². The first-order chi connectivity index (χ1) is 11.6. The summed E-state index contributed by atoms with van der Waals surface area (Å²) in [5.74, 6) is 0. The maximum Gasteiger partial charge on any atom is 0.186 e. The minimum Gasteiger partial charge on any atom is -0.394 e. The van der Waals surface area contributed by atoms with Crippen LogP contribution in [0.1, 0.15) is 71.1 Å². The third-order valence-electron chi connectivity index (χ3n) is 4.63. The van der Waals surface area contributed by atoms with Crippen LogP contribution < -0.4 is 0 Å². The Morgan fingerprint density at radius 2 is 1.29 bits per heavy atom. The molecule has 0 saturated carbocycles. The minimum absolute atomic E-state index is 0.428. The summed E-state index contributed by atoms with van der Waals surface area (Å²) in [5, 5.41) is 38.3. The van der Waals surface area contributed by atoms with Gasteiger partial charge in [0, 0.05) is 6.61 Å². The second kappa shape index (κ2) is 13.0. The Bertz CT molecular complexity index is 299. The van der Waals surface area contributed by atoms with Crippen molar-refractivity contribution in [1.82, 2.24) is 0 Å². The summed E-state index contributed by atoms with van der Waals surface area (Å²) in [7, 11) is 0. The molecule has 0 bridgehead atoms. The van der Waals surface area contributed by atoms with E-state index in [0.29, 0.717) is 6.61 Å². The summed E-state index contributed by atoms with van der Waals surface area (Å²) in [5.41, 5.74) is 0. The van der Waals surface area contributed by atoms with Crippen LogP contribution in [-0.2, 0) is 9.47 Å². The standard InChI is InChI=1S/C18H36O6/c1-2-3-4-5-6-7-8-9-10-11-12-23-18-17(22)16(21)15(20)14(13-19)24-18/h14-22H,2-13H2,1H3/t14-,15-,16+,17-,18+/m1/s1. The Labute approximate surface area is 145 Å². The SMILES string of the molecule is CCCCCCCCCCCCO[C@H]1O[C@H](CO)[C@@H](O)[C@H](O)[C@H]1O. The fraction of sp³-hybridized carbons (Fsp3) is 1.00. The molecule has 1 aliphatic heterocycles. The maximum absolute atomic E-state index is 9.84. The van der Waals surface area contributed by atoms with Gasteiger partial charge in [-0.1, -0.05) is 64.7 Å². The molecule has 6 heteroatoms. The molecule has 0 radical (unpaired) electrons. The molecular weight excluding hydrogens is 312 g/mol. The molecule has 1 fully saturated rings. The summed E-state index contributed by atoms with van der Waals surface area (Å²) >= 11 is 0. The van der Waals surface area contributed by atoms with Crippen LogP contribution in [0.3, 0.4) is 0 Å². The van der Waals surface area contributed by atoms with Crippen molar-refractivity contribution in [3.8, 4) is 0 Å². The third kappa shape index (κ3) is 7.76. The van der Waals surface area contributed by atoms with E-state index in [1.807, 2.05) is 0 Å². The Morgan fingerprint density at radius 1 is 0.750 bits per heavy atom. The van der Waals surface area contributed by atoms with Crippen molar-refractivity contribution in [3.05, 3.63) is 0 Å². The molecule has 1 saturated heterocycles. The topological polar surface area (TPSA) is 99.4 Å². The molecule has 5 atom stereocenters. The lowest BCUT2D eigenvalue weighted by Crippen LogP contribution is -2.59. The van der Waals surface area contributed by atoms with Crippen LogP contribution in [0.2, 0.25) is 0 Å². The summed E-state index contributed by atoms with van der Waals surface area (Å²) in [4.78, 5) is 0. The van der Waals surface area contributed by atoms with Crippen LogP contribution in [-0.4, -0.2) is 64.3 Å². The van der Waals surface area contributed by atoms with Gasteiger partial charge in [-0.25, -0.2) is 0 Å². The molecule has 1 aliphatic rings. The zero-order valence-electron chi connectivity index (χ0n) is 15.0. The Kier molecular flexibility index (Phi) is 11.8. The van der Waals surface area contributed by atoms with E-state index in [2.05, 4.69) is 6.92 Å². The summed E-state index contributed by atoms with van der Waals surface area (Å²) in [6.45, 7) is 2.23. The Balaban J connectivity index is 2.02. The zero-order chi connectivity index (χ0) is 17.8. The van der Waals surface area contributed by atoms with E-state index >= 15 is 0 Å². The fourth-order valence-electron chi connectivity index (χ4n) is 2.99. The van der Waals surface area contributed by atoms with Gasteiger partial charge in [0.1, 0.15) is 24.4 Å². The predicted molar refractivity (Wildman–Crippen MR) is 91.6 cm³/mol. The lowest BCUT2D eigenvalue weighted by molar-refractivity contribution is -0.301. The summed E-state index contributed by atoms with van der Waals surface area (Å²) in [6, 6.07) is 0. The fourth-order valence-corrected chi connectivity index (χ4v) is 2.99. The van der Waals surface area contributed by atoms with Gasteiger partial charge in [-0.2, -0.15) is 0 Å². The molecule has 24 heavy (non-hydrogen) atoms. The molecular formula is C18H36O6. The molecule has 6 nitrogen and oxygen atoms in total. The lowest BCUT2D eigenvalue weighted by atomic mass is 9.99. The number of rotatable bonds is 13. The van der Waals surface area contributed by atoms with Gasteiger partial charge in [0.25, 0.3) is 0 Å². The van der Waals surface area contributed by atoms with E-state index in [0.717, 1.165) is 12.8 Å². The highest BCUT2D eigenvalue weighted by Crippen LogP contribution is 2.22. The van der Waals surface area contributed by atoms with Crippen molar-refractivity contribution in [2.45, 2.75) is 102 Å². The van der Waals surface area contributed by atoms with Gasteiger partial charge in [0.15, 0.2) is 6.29 Å². The molecule has 0 aromatic heterocycles. The molecule has 144 valence electrons. The highest BCUT2D eigenvalue weighted by molar-refractivity contribution is 4.88. The van der Waals surface area contributed by atoms with Crippen LogP contribution in [0.5, 0.6) is 0 Å². The van der Waals surface area contributed by atoms with Crippen molar-refractivity contribution in [2.24, 2.45) is 0 Å². The van der Waals surface area contributed by atoms with Crippen molar-refractivity contribution < 1.29 is 29.9 Å². The van der Waals surface area contributed by atoms with Gasteiger partial charge in [0.2, 0.25) is 0 Å². The molecule has 0 aromatic rings. The first-order valence-corrected chi connectivity index (χ1v) is 9.54. The van der Waals surface area contributed by atoms with Gasteiger partial charge in [-0.3, -0.25) is 0 Å². The maximum atomic E-state index is 9.84. The molecule has 4 N–H and O–H groups in total. The average molecular weight is 348 g/mol. The first-order valence-electron chi connectivity index (χ1n) is 9.54. The van der Waals surface area contributed by atoms with Crippen LogP contribution in [0, 0.1) is 0 Å². The highest BCUT2D eigenvalue weighted by Gasteiger charge is 2.43. The van der Waals surface area contributed by atoms with Gasteiger partial charge < -0.3 is 29.9 Å². The zero-order valence-corrected chi connectivity index (χ0v) is 15.0. The van der Waals surface area contributed by atoms with Crippen LogP contribution in [0.15, 0.2) is 0 Å². The van der Waals surface area contributed by atoms with Crippen molar-refractivity contribution in [3.63, 3.8) is 0 Å². The quantitative estimate of drug-likeness (QED) is 0.378. The smallest absolute Gasteiger partial charge is 0.186 e. The minimum atomic E-state index is -1.37.